The van der Waals surface area contributed by atoms with E-state index in [1.807, 2.05) is 0 Å². The largest absolute Gasteiger partial charge is 0.450 e. The van der Waals surface area contributed by atoms with Crippen LogP contribution >= 0.6 is 0 Å². The third-order valence-corrected chi connectivity index (χ3v) is 4.58. The number of aromatic nitrogens is 2. The number of benzene rings is 2. The third-order valence-electron chi connectivity index (χ3n) is 4.58. The van der Waals surface area contributed by atoms with Gasteiger partial charge in [-0.15, -0.1) is 0 Å². The number of nitro benzene ring substituents is 1. The molecule has 0 radical (unpaired) electrons. The van der Waals surface area contributed by atoms with Gasteiger partial charge in [0.05, 0.1) is 22.6 Å². The van der Waals surface area contributed by atoms with E-state index in [0.717, 1.165) is 6.07 Å². The van der Waals surface area contributed by atoms with Crippen molar-refractivity contribution in [1.82, 2.24) is 9.55 Å². The van der Waals surface area contributed by atoms with Crippen LogP contribution in [0.1, 0.15) is 29.8 Å². The Morgan fingerprint density at radius 2 is 1.79 bits per heavy atom. The maximum Gasteiger partial charge on any atom is 0.450 e. The number of alkyl halides is 6. The molecular formula is C19H12F7N3O4. The van der Waals surface area contributed by atoms with Gasteiger partial charge in [-0.05, 0) is 17.7 Å². The molecule has 0 saturated heterocycles. The molecule has 0 aliphatic carbocycles. The molecule has 0 aliphatic heterocycles. The van der Waals surface area contributed by atoms with Crippen molar-refractivity contribution >= 4 is 22.8 Å². The fourth-order valence-corrected chi connectivity index (χ4v) is 3.08. The van der Waals surface area contributed by atoms with E-state index >= 15 is 0 Å². The highest BCUT2D eigenvalue weighted by Gasteiger charge is 2.43. The van der Waals surface area contributed by atoms with Crippen LogP contribution in [0.4, 0.5) is 41.2 Å². The Balaban J connectivity index is 2.11. The number of halogens is 7. The summed E-state index contributed by atoms with van der Waals surface area (Å²) >= 11 is 0. The summed E-state index contributed by atoms with van der Waals surface area (Å²) < 4.78 is 98.1. The molecule has 0 spiro atoms. The maximum atomic E-state index is 13.9. The Hall–Kier alpha value is -3.71. The van der Waals surface area contributed by atoms with Gasteiger partial charge in [0.25, 0.3) is 5.69 Å². The zero-order chi connectivity index (χ0) is 24.7. The minimum atomic E-state index is -5.37. The van der Waals surface area contributed by atoms with Crippen molar-refractivity contribution in [2.24, 2.45) is 0 Å². The number of carbonyl (C=O) groups is 1. The molecule has 7 nitrogen and oxygen atoms in total. The molecule has 14 heteroatoms. The molecule has 2 aromatic carbocycles. The lowest BCUT2D eigenvalue weighted by Crippen LogP contribution is -2.24. The Morgan fingerprint density at radius 3 is 2.33 bits per heavy atom. The Bertz CT molecular complexity index is 1230. The summed E-state index contributed by atoms with van der Waals surface area (Å²) in [6.07, 6.45) is -12.3. The number of carbonyl (C=O) groups excluding carboxylic acids is 1. The van der Waals surface area contributed by atoms with Crippen molar-refractivity contribution in [3.8, 4) is 0 Å². The van der Waals surface area contributed by atoms with Gasteiger partial charge in [-0.2, -0.15) is 26.3 Å². The number of imidazole rings is 1. The molecule has 0 saturated carbocycles. The molecule has 0 fully saturated rings. The van der Waals surface area contributed by atoms with Gasteiger partial charge in [-0.1, -0.05) is 25.1 Å². The van der Waals surface area contributed by atoms with Crippen molar-refractivity contribution in [2.75, 3.05) is 6.61 Å². The molecular weight excluding hydrogens is 467 g/mol. The summed E-state index contributed by atoms with van der Waals surface area (Å²) in [4.78, 5) is 25.5. The molecule has 1 atom stereocenters. The molecule has 0 bridgehead atoms. The van der Waals surface area contributed by atoms with Crippen LogP contribution in [0.25, 0.3) is 11.0 Å². The maximum absolute atomic E-state index is 13.9. The van der Waals surface area contributed by atoms with E-state index < -0.39 is 69.8 Å². The molecule has 33 heavy (non-hydrogen) atoms. The second-order valence-electron chi connectivity index (χ2n) is 6.89. The van der Waals surface area contributed by atoms with Crippen LogP contribution in [0.15, 0.2) is 36.4 Å². The first-order valence-corrected chi connectivity index (χ1v) is 8.98. The summed E-state index contributed by atoms with van der Waals surface area (Å²) in [7, 11) is 0. The molecule has 3 aromatic rings. The Kier molecular flexibility index (Phi) is 6.04. The molecule has 176 valence electrons. The molecule has 0 aliphatic rings. The standard InChI is InChI=1S/C19H12F7N3O4/c1-9(11-4-2-3-5-12(11)20)8-33-17(30)28-15-13(27-16(28)19(24,25)26)6-10(18(21,22)23)7-14(15)29(31)32/h2-7,9H,8H2,1H3. The first-order chi connectivity index (χ1) is 15.2. The minimum Gasteiger partial charge on any atom is -0.448 e. The van der Waals surface area contributed by atoms with E-state index in [2.05, 4.69) is 4.98 Å². The average molecular weight is 479 g/mol. The highest BCUT2D eigenvalue weighted by Crippen LogP contribution is 2.39. The quantitative estimate of drug-likeness (QED) is 0.264. The molecule has 0 N–H and O–H groups in total. The summed E-state index contributed by atoms with van der Waals surface area (Å²) in [6.45, 7) is 0.769. The number of ether oxygens (including phenoxy) is 1. The van der Waals surface area contributed by atoms with E-state index in [4.69, 9.17) is 4.74 Å². The zero-order valence-electron chi connectivity index (χ0n) is 16.4. The number of hydrogen-bond acceptors (Lipinski definition) is 5. The normalized spacial score (nSPS) is 13.2. The van der Waals surface area contributed by atoms with Crippen LogP contribution in [0.5, 0.6) is 0 Å². The van der Waals surface area contributed by atoms with E-state index in [1.165, 1.54) is 25.1 Å². The second kappa shape index (κ2) is 8.33. The number of non-ortho nitro benzene ring substituents is 1. The fraction of sp³-hybridized carbons (Fsp3) is 0.263. The van der Waals surface area contributed by atoms with Crippen LogP contribution in [0.2, 0.25) is 0 Å². The lowest BCUT2D eigenvalue weighted by molar-refractivity contribution is -0.383. The predicted octanol–water partition coefficient (Wildman–Crippen LogP) is 5.91. The van der Waals surface area contributed by atoms with Gasteiger partial charge in [-0.25, -0.2) is 18.7 Å². The number of nitrogens with zero attached hydrogens (tertiary/aromatic N) is 3. The molecule has 1 heterocycles. The van der Waals surface area contributed by atoms with Gasteiger partial charge in [0.2, 0.25) is 5.82 Å². The lowest BCUT2D eigenvalue weighted by atomic mass is 10.0. The van der Waals surface area contributed by atoms with Gasteiger partial charge < -0.3 is 4.74 Å². The number of rotatable bonds is 4. The summed E-state index contributed by atoms with van der Waals surface area (Å²) in [5.41, 5.74) is -5.17. The SMILES string of the molecule is CC(COC(=O)n1c(C(F)(F)F)nc2cc(C(F)(F)F)cc([N+](=O)[O-])c21)c1ccccc1F. The summed E-state index contributed by atoms with van der Waals surface area (Å²) in [5, 5.41) is 11.3. The predicted molar refractivity (Wildman–Crippen MR) is 98.0 cm³/mol. The van der Waals surface area contributed by atoms with Crippen molar-refractivity contribution in [3.05, 3.63) is 69.3 Å². The highest BCUT2D eigenvalue weighted by molar-refractivity contribution is 5.94. The zero-order valence-corrected chi connectivity index (χ0v) is 16.4. The number of hydrogen-bond donors (Lipinski definition) is 0. The Morgan fingerprint density at radius 1 is 1.15 bits per heavy atom. The monoisotopic (exact) mass is 479 g/mol. The first kappa shape index (κ1) is 23.9. The second-order valence-corrected chi connectivity index (χ2v) is 6.89. The van der Waals surface area contributed by atoms with Crippen LogP contribution in [0.3, 0.4) is 0 Å². The van der Waals surface area contributed by atoms with Crippen molar-refractivity contribution in [1.29, 1.82) is 0 Å². The molecule has 0 amide bonds. The fourth-order valence-electron chi connectivity index (χ4n) is 3.08. The molecule has 3 rings (SSSR count). The molecule has 1 aromatic heterocycles. The summed E-state index contributed by atoms with van der Waals surface area (Å²) in [5.74, 6) is -3.50. The van der Waals surface area contributed by atoms with Crippen LogP contribution in [-0.4, -0.2) is 27.2 Å². The molecule has 1 unspecified atom stereocenters. The van der Waals surface area contributed by atoms with E-state index in [0.29, 0.717) is 0 Å². The van der Waals surface area contributed by atoms with E-state index in [-0.39, 0.29) is 22.3 Å². The van der Waals surface area contributed by atoms with Gasteiger partial charge in [-0.3, -0.25) is 10.1 Å². The van der Waals surface area contributed by atoms with Gasteiger partial charge in [0, 0.05) is 12.0 Å². The van der Waals surface area contributed by atoms with E-state index in [1.54, 1.807) is 0 Å². The van der Waals surface area contributed by atoms with Crippen LogP contribution < -0.4 is 0 Å². The summed E-state index contributed by atoms with van der Waals surface area (Å²) in [6, 6.07) is 5.48. The van der Waals surface area contributed by atoms with Gasteiger partial charge in [0.15, 0.2) is 5.52 Å². The van der Waals surface area contributed by atoms with Crippen molar-refractivity contribution < 1.29 is 45.2 Å². The highest BCUT2D eigenvalue weighted by atomic mass is 19.4. The minimum absolute atomic E-state index is 0.00405. The van der Waals surface area contributed by atoms with Gasteiger partial charge in [0.1, 0.15) is 5.82 Å². The average Bonchev–Trinajstić information content (AvgIpc) is 3.11. The topological polar surface area (TPSA) is 87.3 Å². The smallest absolute Gasteiger partial charge is 0.448 e. The van der Waals surface area contributed by atoms with Gasteiger partial charge >= 0.3 is 18.4 Å². The number of fused-ring (bicyclic) bond motifs is 1. The Labute approximate surface area is 179 Å². The van der Waals surface area contributed by atoms with Crippen molar-refractivity contribution in [3.63, 3.8) is 0 Å². The van der Waals surface area contributed by atoms with Crippen LogP contribution in [-0.2, 0) is 17.1 Å². The van der Waals surface area contributed by atoms with Crippen LogP contribution in [0, 0.1) is 15.9 Å². The van der Waals surface area contributed by atoms with Crippen molar-refractivity contribution in [2.45, 2.75) is 25.2 Å². The van der Waals surface area contributed by atoms with E-state index in [9.17, 15) is 45.6 Å². The first-order valence-electron chi connectivity index (χ1n) is 8.98. The lowest BCUT2D eigenvalue weighted by Gasteiger charge is -2.15. The number of nitro groups is 1. The third kappa shape index (κ3) is 4.73.